The summed E-state index contributed by atoms with van der Waals surface area (Å²) in [5.41, 5.74) is 5.04. The van der Waals surface area contributed by atoms with Crippen LogP contribution in [0.2, 0.25) is 0 Å². The molecule has 2 aliphatic rings. The molecule has 3 aromatic carbocycles. The summed E-state index contributed by atoms with van der Waals surface area (Å²) in [4.78, 5) is 30.7. The first-order chi connectivity index (χ1) is 19.6. The predicted molar refractivity (Wildman–Crippen MR) is 162 cm³/mol. The smallest absolute Gasteiger partial charge is 0.316 e. The maximum atomic E-state index is 13.1. The Morgan fingerprint density at radius 1 is 0.850 bits per heavy atom. The van der Waals surface area contributed by atoms with E-state index in [4.69, 9.17) is 4.74 Å². The first-order valence-electron chi connectivity index (χ1n) is 14.7. The molecule has 1 saturated heterocycles. The number of benzene rings is 3. The lowest BCUT2D eigenvalue weighted by Gasteiger charge is -2.41. The molecule has 0 radical (unpaired) electrons. The molecule has 0 N–H and O–H groups in total. The van der Waals surface area contributed by atoms with Crippen molar-refractivity contribution in [1.29, 1.82) is 0 Å². The molecule has 0 bridgehead atoms. The summed E-state index contributed by atoms with van der Waals surface area (Å²) < 4.78 is 5.52. The lowest BCUT2D eigenvalue weighted by molar-refractivity contribution is -0.151. The molecule has 5 nitrogen and oxygen atoms in total. The summed E-state index contributed by atoms with van der Waals surface area (Å²) in [7, 11) is 0. The molecule has 5 rings (SSSR count). The van der Waals surface area contributed by atoms with E-state index in [0.717, 1.165) is 62.4 Å². The van der Waals surface area contributed by atoms with Crippen molar-refractivity contribution in [2.24, 2.45) is 0 Å². The maximum absolute atomic E-state index is 13.1. The second-order valence-corrected chi connectivity index (χ2v) is 10.9. The number of Topliss-reactive ketones (excluding diaryl/α,β-unsaturated/α-hetero) is 1. The van der Waals surface area contributed by atoms with Crippen molar-refractivity contribution in [2.45, 2.75) is 44.4 Å². The van der Waals surface area contributed by atoms with Crippen molar-refractivity contribution in [3.63, 3.8) is 0 Å². The number of piperidine rings is 1. The fourth-order valence-electron chi connectivity index (χ4n) is 6.08. The number of carbonyl (C=O) groups is 2. The zero-order valence-electron chi connectivity index (χ0n) is 23.6. The third kappa shape index (κ3) is 6.37. The summed E-state index contributed by atoms with van der Waals surface area (Å²) in [6.07, 6.45) is 6.23. The SMILES string of the molecule is CCOC(=O)C1(c2ccccc2)CCN(c2ccc(C(=O)CCCN3CC=C(c4ccccc4)CC3)cc2)CC1. The number of hydrogen-bond acceptors (Lipinski definition) is 5. The standard InChI is InChI=1S/C35H40N2O3/c1-2-40-34(39)35(31-12-7-4-8-13-31)21-26-37(27-22-35)32-17-15-30(16-18-32)33(38)14-9-23-36-24-19-29(20-25-36)28-10-5-3-6-11-28/h3-8,10-13,15-19H,2,9,14,20-27H2,1H3. The van der Waals surface area contributed by atoms with Gasteiger partial charge in [-0.05, 0) is 80.1 Å². The van der Waals surface area contributed by atoms with E-state index in [2.05, 4.69) is 46.2 Å². The van der Waals surface area contributed by atoms with Gasteiger partial charge in [0.05, 0.1) is 12.0 Å². The molecule has 0 aromatic heterocycles. The fraction of sp³-hybridized carbons (Fsp3) is 0.371. The Labute approximate surface area is 238 Å². The van der Waals surface area contributed by atoms with E-state index in [-0.39, 0.29) is 11.8 Å². The topological polar surface area (TPSA) is 49.9 Å². The van der Waals surface area contributed by atoms with Gasteiger partial charge in [0.15, 0.2) is 5.78 Å². The van der Waals surface area contributed by atoms with E-state index in [1.165, 1.54) is 11.1 Å². The van der Waals surface area contributed by atoms with Gasteiger partial charge in [0, 0.05) is 43.9 Å². The van der Waals surface area contributed by atoms with Gasteiger partial charge in [0.25, 0.3) is 0 Å². The van der Waals surface area contributed by atoms with Gasteiger partial charge in [-0.15, -0.1) is 0 Å². The van der Waals surface area contributed by atoms with Gasteiger partial charge in [-0.3, -0.25) is 14.5 Å². The Morgan fingerprint density at radius 3 is 2.15 bits per heavy atom. The minimum absolute atomic E-state index is 0.126. The van der Waals surface area contributed by atoms with Gasteiger partial charge in [-0.2, -0.15) is 0 Å². The number of esters is 1. The van der Waals surface area contributed by atoms with Crippen molar-refractivity contribution < 1.29 is 14.3 Å². The van der Waals surface area contributed by atoms with Crippen LogP contribution in [0.5, 0.6) is 0 Å². The second kappa shape index (κ2) is 13.1. The fourth-order valence-corrected chi connectivity index (χ4v) is 6.08. The molecule has 0 unspecified atom stereocenters. The molecular formula is C35H40N2O3. The number of carbonyl (C=O) groups excluding carboxylic acids is 2. The van der Waals surface area contributed by atoms with Crippen molar-refractivity contribution >= 4 is 23.0 Å². The first-order valence-corrected chi connectivity index (χ1v) is 14.7. The number of ketones is 1. The predicted octanol–water partition coefficient (Wildman–Crippen LogP) is 6.54. The Morgan fingerprint density at radius 2 is 1.52 bits per heavy atom. The van der Waals surface area contributed by atoms with Crippen LogP contribution in [0.25, 0.3) is 5.57 Å². The highest BCUT2D eigenvalue weighted by Crippen LogP contribution is 2.38. The van der Waals surface area contributed by atoms with Crippen LogP contribution in [0.4, 0.5) is 5.69 Å². The highest BCUT2D eigenvalue weighted by molar-refractivity contribution is 5.96. The number of hydrogen-bond donors (Lipinski definition) is 0. The van der Waals surface area contributed by atoms with Gasteiger partial charge in [0.1, 0.15) is 0 Å². The molecule has 2 heterocycles. The average Bonchev–Trinajstić information content (AvgIpc) is 3.02. The molecule has 0 amide bonds. The summed E-state index contributed by atoms with van der Waals surface area (Å²) in [5.74, 6) is 0.0760. The molecule has 0 saturated carbocycles. The highest BCUT2D eigenvalue weighted by Gasteiger charge is 2.44. The van der Waals surface area contributed by atoms with E-state index in [0.29, 0.717) is 25.9 Å². The van der Waals surface area contributed by atoms with Gasteiger partial charge >= 0.3 is 5.97 Å². The Hall–Kier alpha value is -3.70. The molecule has 208 valence electrons. The van der Waals surface area contributed by atoms with Gasteiger partial charge < -0.3 is 9.64 Å². The summed E-state index contributed by atoms with van der Waals surface area (Å²) in [6, 6.07) is 28.6. The first kappa shape index (κ1) is 27.9. The summed E-state index contributed by atoms with van der Waals surface area (Å²) in [5, 5.41) is 0. The quantitative estimate of drug-likeness (QED) is 0.218. The molecule has 3 aromatic rings. The van der Waals surface area contributed by atoms with Gasteiger partial charge in [-0.25, -0.2) is 0 Å². The van der Waals surface area contributed by atoms with E-state index < -0.39 is 5.41 Å². The monoisotopic (exact) mass is 536 g/mol. The molecule has 40 heavy (non-hydrogen) atoms. The largest absolute Gasteiger partial charge is 0.465 e. The van der Waals surface area contributed by atoms with Gasteiger partial charge in [-0.1, -0.05) is 66.7 Å². The van der Waals surface area contributed by atoms with Crippen LogP contribution in [0.3, 0.4) is 0 Å². The Balaban J connectivity index is 1.11. The maximum Gasteiger partial charge on any atom is 0.316 e. The minimum atomic E-state index is -0.600. The van der Waals surface area contributed by atoms with Crippen LogP contribution >= 0.6 is 0 Å². The van der Waals surface area contributed by atoms with E-state index in [1.807, 2.05) is 61.5 Å². The van der Waals surface area contributed by atoms with Gasteiger partial charge in [0.2, 0.25) is 0 Å². The van der Waals surface area contributed by atoms with Crippen LogP contribution in [-0.4, -0.2) is 56.0 Å². The average molecular weight is 537 g/mol. The van der Waals surface area contributed by atoms with Crippen LogP contribution in [0.15, 0.2) is 91.0 Å². The van der Waals surface area contributed by atoms with Crippen LogP contribution < -0.4 is 4.90 Å². The Bertz CT molecular complexity index is 1290. The number of anilines is 1. The molecular weight excluding hydrogens is 496 g/mol. The van der Waals surface area contributed by atoms with Crippen LogP contribution in [0, 0.1) is 0 Å². The Kier molecular flexibility index (Phi) is 9.12. The van der Waals surface area contributed by atoms with Crippen LogP contribution in [0.1, 0.15) is 60.5 Å². The molecule has 0 atom stereocenters. The lowest BCUT2D eigenvalue weighted by Crippen LogP contribution is -2.48. The number of nitrogens with zero attached hydrogens (tertiary/aromatic N) is 2. The third-order valence-corrected chi connectivity index (χ3v) is 8.48. The summed E-state index contributed by atoms with van der Waals surface area (Å²) >= 11 is 0. The molecule has 0 spiro atoms. The zero-order valence-corrected chi connectivity index (χ0v) is 23.6. The van der Waals surface area contributed by atoms with E-state index in [9.17, 15) is 9.59 Å². The van der Waals surface area contributed by atoms with Crippen molar-refractivity contribution in [2.75, 3.05) is 44.2 Å². The van der Waals surface area contributed by atoms with Crippen molar-refractivity contribution in [3.8, 4) is 0 Å². The molecule has 5 heteroatoms. The van der Waals surface area contributed by atoms with Crippen molar-refractivity contribution in [3.05, 3.63) is 108 Å². The molecule has 2 aliphatic heterocycles. The third-order valence-electron chi connectivity index (χ3n) is 8.48. The van der Waals surface area contributed by atoms with E-state index >= 15 is 0 Å². The second-order valence-electron chi connectivity index (χ2n) is 10.9. The zero-order chi connectivity index (χ0) is 27.8. The minimum Gasteiger partial charge on any atom is -0.465 e. The molecule has 1 fully saturated rings. The summed E-state index contributed by atoms with van der Waals surface area (Å²) in [6.45, 7) is 6.71. The highest BCUT2D eigenvalue weighted by atomic mass is 16.5. The number of rotatable bonds is 10. The number of ether oxygens (including phenoxy) is 1. The van der Waals surface area contributed by atoms with Crippen LogP contribution in [-0.2, 0) is 14.9 Å². The molecule has 0 aliphatic carbocycles. The van der Waals surface area contributed by atoms with Crippen molar-refractivity contribution in [1.82, 2.24) is 4.90 Å². The van der Waals surface area contributed by atoms with E-state index in [1.54, 1.807) is 0 Å². The normalized spacial score (nSPS) is 17.2. The lowest BCUT2D eigenvalue weighted by atomic mass is 9.72.